The van der Waals surface area contributed by atoms with E-state index in [0.29, 0.717) is 12.1 Å². The van der Waals surface area contributed by atoms with Gasteiger partial charge < -0.3 is 4.74 Å². The number of ketones is 1. The lowest BCUT2D eigenvalue weighted by Gasteiger charge is -2.15. The van der Waals surface area contributed by atoms with Crippen LogP contribution in [0.1, 0.15) is 21.5 Å². The number of hydrogen-bond acceptors (Lipinski definition) is 2. The molecule has 23 heavy (non-hydrogen) atoms. The van der Waals surface area contributed by atoms with Crippen molar-refractivity contribution in [2.45, 2.75) is 12.5 Å². The molecular formula is C15H8F6O2. The average molecular weight is 334 g/mol. The molecule has 2 aromatic rings. The second kappa shape index (κ2) is 5.94. The van der Waals surface area contributed by atoms with Gasteiger partial charge in [-0.3, -0.25) is 4.79 Å². The summed E-state index contributed by atoms with van der Waals surface area (Å²) in [5.74, 6) is -1.99. The SMILES string of the molecule is O=C(c1ccccc1)c1ccc(OC(F)(F)F)cc1C(F)(F)F. The van der Waals surface area contributed by atoms with Crippen LogP contribution < -0.4 is 4.74 Å². The van der Waals surface area contributed by atoms with E-state index in [2.05, 4.69) is 4.74 Å². The Balaban J connectivity index is 2.50. The van der Waals surface area contributed by atoms with E-state index in [1.165, 1.54) is 24.3 Å². The Bertz CT molecular complexity index is 704. The van der Waals surface area contributed by atoms with Crippen molar-refractivity contribution in [2.75, 3.05) is 0 Å². The van der Waals surface area contributed by atoms with Gasteiger partial charge in [-0.15, -0.1) is 13.2 Å². The highest BCUT2D eigenvalue weighted by Gasteiger charge is 2.37. The van der Waals surface area contributed by atoms with Gasteiger partial charge in [0.25, 0.3) is 0 Å². The highest BCUT2D eigenvalue weighted by molar-refractivity contribution is 6.10. The van der Waals surface area contributed by atoms with E-state index in [1.807, 2.05) is 0 Å². The number of ether oxygens (including phenoxy) is 1. The van der Waals surface area contributed by atoms with Gasteiger partial charge in [-0.05, 0) is 18.2 Å². The van der Waals surface area contributed by atoms with E-state index in [1.54, 1.807) is 6.07 Å². The van der Waals surface area contributed by atoms with Crippen molar-refractivity contribution < 1.29 is 35.9 Å². The molecule has 2 aromatic carbocycles. The predicted octanol–water partition coefficient (Wildman–Crippen LogP) is 4.84. The number of hydrogen-bond donors (Lipinski definition) is 0. The number of alkyl halides is 6. The Hall–Kier alpha value is -2.51. The van der Waals surface area contributed by atoms with E-state index in [4.69, 9.17) is 0 Å². The Morgan fingerprint density at radius 3 is 2.00 bits per heavy atom. The summed E-state index contributed by atoms with van der Waals surface area (Å²) < 4.78 is 79.0. The topological polar surface area (TPSA) is 26.3 Å². The maximum Gasteiger partial charge on any atom is 0.573 e. The minimum Gasteiger partial charge on any atom is -0.406 e. The summed E-state index contributed by atoms with van der Waals surface area (Å²) in [4.78, 5) is 12.1. The predicted molar refractivity (Wildman–Crippen MR) is 68.0 cm³/mol. The highest BCUT2D eigenvalue weighted by Crippen LogP contribution is 2.36. The molecule has 0 N–H and O–H groups in total. The maximum absolute atomic E-state index is 13.0. The minimum absolute atomic E-state index is 0.0116. The maximum atomic E-state index is 13.0. The van der Waals surface area contributed by atoms with Crippen LogP contribution in [0, 0.1) is 0 Å². The van der Waals surface area contributed by atoms with Gasteiger partial charge in [-0.25, -0.2) is 0 Å². The molecule has 0 fully saturated rings. The van der Waals surface area contributed by atoms with Crippen molar-refractivity contribution in [2.24, 2.45) is 0 Å². The van der Waals surface area contributed by atoms with Gasteiger partial charge in [0, 0.05) is 11.1 Å². The van der Waals surface area contributed by atoms with Crippen molar-refractivity contribution in [1.29, 1.82) is 0 Å². The first-order chi connectivity index (χ1) is 10.6. The number of carbonyl (C=O) groups is 1. The van der Waals surface area contributed by atoms with Crippen LogP contribution in [0.3, 0.4) is 0 Å². The van der Waals surface area contributed by atoms with Gasteiger partial charge in [0.05, 0.1) is 5.56 Å². The zero-order chi connectivity index (χ0) is 17.3. The third-order valence-corrected chi connectivity index (χ3v) is 2.81. The van der Waals surface area contributed by atoms with Crippen LogP contribution >= 0.6 is 0 Å². The third-order valence-electron chi connectivity index (χ3n) is 2.81. The van der Waals surface area contributed by atoms with Crippen LogP contribution in [0.25, 0.3) is 0 Å². The van der Waals surface area contributed by atoms with E-state index < -0.39 is 35.2 Å². The van der Waals surface area contributed by atoms with E-state index in [9.17, 15) is 31.1 Å². The van der Waals surface area contributed by atoms with E-state index in [-0.39, 0.29) is 11.6 Å². The summed E-state index contributed by atoms with van der Waals surface area (Å²) in [6.45, 7) is 0. The van der Waals surface area contributed by atoms with E-state index >= 15 is 0 Å². The Labute approximate surface area is 126 Å². The number of halogens is 6. The van der Waals surface area contributed by atoms with Crippen LogP contribution in [0.15, 0.2) is 48.5 Å². The second-order valence-electron chi connectivity index (χ2n) is 4.45. The quantitative estimate of drug-likeness (QED) is 0.593. The van der Waals surface area contributed by atoms with Crippen LogP contribution in [0.4, 0.5) is 26.3 Å². The fourth-order valence-corrected chi connectivity index (χ4v) is 1.90. The van der Waals surface area contributed by atoms with Crippen molar-refractivity contribution in [3.63, 3.8) is 0 Å². The molecule has 0 atom stereocenters. The van der Waals surface area contributed by atoms with Gasteiger partial charge in [0.15, 0.2) is 5.78 Å². The van der Waals surface area contributed by atoms with E-state index in [0.717, 1.165) is 0 Å². The summed E-state index contributed by atoms with van der Waals surface area (Å²) in [5.41, 5.74) is -2.26. The van der Waals surface area contributed by atoms with Crippen LogP contribution in [0.2, 0.25) is 0 Å². The van der Waals surface area contributed by atoms with Gasteiger partial charge >= 0.3 is 12.5 Å². The Morgan fingerprint density at radius 1 is 0.870 bits per heavy atom. The second-order valence-corrected chi connectivity index (χ2v) is 4.45. The highest BCUT2D eigenvalue weighted by atomic mass is 19.4. The van der Waals surface area contributed by atoms with Crippen molar-refractivity contribution in [1.82, 2.24) is 0 Å². The average Bonchev–Trinajstić information content (AvgIpc) is 2.45. The normalized spacial score (nSPS) is 12.1. The molecule has 0 aliphatic heterocycles. The lowest BCUT2D eigenvalue weighted by molar-refractivity contribution is -0.274. The smallest absolute Gasteiger partial charge is 0.406 e. The first-order valence-corrected chi connectivity index (χ1v) is 6.14. The molecule has 0 aliphatic rings. The van der Waals surface area contributed by atoms with Crippen LogP contribution in [-0.4, -0.2) is 12.1 Å². The summed E-state index contributed by atoms with van der Waals surface area (Å²) in [6, 6.07) is 8.60. The molecule has 0 radical (unpaired) electrons. The lowest BCUT2D eigenvalue weighted by atomic mass is 9.98. The van der Waals surface area contributed by atoms with Crippen molar-refractivity contribution in [3.8, 4) is 5.75 Å². The monoisotopic (exact) mass is 334 g/mol. The molecule has 0 amide bonds. The summed E-state index contributed by atoms with van der Waals surface area (Å²) in [5, 5.41) is 0. The first kappa shape index (κ1) is 16.9. The molecule has 8 heteroatoms. The Morgan fingerprint density at radius 2 is 1.48 bits per heavy atom. The molecule has 122 valence electrons. The molecule has 0 aliphatic carbocycles. The first-order valence-electron chi connectivity index (χ1n) is 6.14. The zero-order valence-electron chi connectivity index (χ0n) is 11.2. The molecule has 2 nitrogen and oxygen atoms in total. The Kier molecular flexibility index (Phi) is 4.35. The summed E-state index contributed by atoms with van der Waals surface area (Å²) in [6.07, 6.45) is -10.1. The molecule has 0 aromatic heterocycles. The number of benzene rings is 2. The third kappa shape index (κ3) is 4.24. The van der Waals surface area contributed by atoms with Gasteiger partial charge in [0.1, 0.15) is 5.75 Å². The fourth-order valence-electron chi connectivity index (χ4n) is 1.90. The van der Waals surface area contributed by atoms with Gasteiger partial charge in [-0.1, -0.05) is 30.3 Å². The number of rotatable bonds is 3. The standard InChI is InChI=1S/C15H8F6O2/c16-14(17,18)12-8-10(23-15(19,20)21)6-7-11(12)13(22)9-4-2-1-3-5-9/h1-8H. The molecule has 0 bridgehead atoms. The fraction of sp³-hybridized carbons (Fsp3) is 0.133. The summed E-state index contributed by atoms with van der Waals surface area (Å²) >= 11 is 0. The van der Waals surface area contributed by atoms with Crippen molar-refractivity contribution >= 4 is 5.78 Å². The molecule has 0 saturated heterocycles. The largest absolute Gasteiger partial charge is 0.573 e. The summed E-state index contributed by atoms with van der Waals surface area (Å²) in [7, 11) is 0. The minimum atomic E-state index is -5.13. The molecule has 0 spiro atoms. The van der Waals surface area contributed by atoms with Gasteiger partial charge in [0.2, 0.25) is 0 Å². The number of carbonyl (C=O) groups excluding carboxylic acids is 1. The van der Waals surface area contributed by atoms with Crippen molar-refractivity contribution in [3.05, 3.63) is 65.2 Å². The molecule has 0 saturated carbocycles. The van der Waals surface area contributed by atoms with Crippen LogP contribution in [-0.2, 0) is 6.18 Å². The van der Waals surface area contributed by atoms with Gasteiger partial charge in [-0.2, -0.15) is 13.2 Å². The lowest BCUT2D eigenvalue weighted by Crippen LogP contribution is -2.19. The molecule has 0 unspecified atom stereocenters. The van der Waals surface area contributed by atoms with Crippen LogP contribution in [0.5, 0.6) is 5.75 Å². The molecular weight excluding hydrogens is 326 g/mol. The zero-order valence-corrected chi connectivity index (χ0v) is 11.2. The molecule has 0 heterocycles. The molecule has 2 rings (SSSR count).